The first-order valence-electron chi connectivity index (χ1n) is 6.34. The number of rotatable bonds is 3. The first-order chi connectivity index (χ1) is 8.54. The molecule has 96 valence electrons. The second kappa shape index (κ2) is 4.95. The van der Waals surface area contributed by atoms with Gasteiger partial charge in [-0.25, -0.2) is 0 Å². The van der Waals surface area contributed by atoms with E-state index < -0.39 is 0 Å². The maximum Gasteiger partial charge on any atom is 0.140 e. The molecule has 0 amide bonds. The van der Waals surface area contributed by atoms with Crippen molar-refractivity contribution in [2.75, 3.05) is 6.61 Å². The maximum atomic E-state index is 9.15. The molecule has 1 fully saturated rings. The monoisotopic (exact) mass is 245 g/mol. The molecule has 2 N–H and O–H groups in total. The summed E-state index contributed by atoms with van der Waals surface area (Å²) in [4.78, 5) is 4.27. The number of nitrogens with zero attached hydrogens (tertiary/aromatic N) is 2. The Hall–Kier alpha value is -1.60. The van der Waals surface area contributed by atoms with Gasteiger partial charge in [0.15, 0.2) is 0 Å². The molecule has 4 nitrogen and oxygen atoms in total. The lowest BCUT2D eigenvalue weighted by Gasteiger charge is -2.24. The minimum absolute atomic E-state index is 0.224. The van der Waals surface area contributed by atoms with E-state index in [0.717, 1.165) is 18.5 Å². The zero-order chi connectivity index (χ0) is 13.2. The molecule has 0 spiro atoms. The third kappa shape index (κ3) is 2.62. The zero-order valence-corrected chi connectivity index (χ0v) is 11.0. The molecular weight excluding hydrogens is 226 g/mol. The van der Waals surface area contributed by atoms with Gasteiger partial charge >= 0.3 is 0 Å². The van der Waals surface area contributed by atoms with Gasteiger partial charge in [0.2, 0.25) is 0 Å². The molecule has 18 heavy (non-hydrogen) atoms. The van der Waals surface area contributed by atoms with E-state index >= 15 is 0 Å². The van der Waals surface area contributed by atoms with E-state index in [9.17, 15) is 0 Å². The summed E-state index contributed by atoms with van der Waals surface area (Å²) in [6.07, 6.45) is 4.33. The van der Waals surface area contributed by atoms with Gasteiger partial charge in [-0.15, -0.1) is 0 Å². The van der Waals surface area contributed by atoms with Crippen LogP contribution in [0.5, 0.6) is 5.75 Å². The van der Waals surface area contributed by atoms with Gasteiger partial charge in [-0.1, -0.05) is 12.8 Å². The number of nitrogens with two attached hydrogens (primary N) is 1. The molecule has 1 aromatic rings. The molecule has 0 atom stereocenters. The van der Waals surface area contributed by atoms with Gasteiger partial charge in [-0.2, -0.15) is 5.26 Å². The molecule has 1 aromatic heterocycles. The van der Waals surface area contributed by atoms with E-state index in [-0.39, 0.29) is 5.54 Å². The van der Waals surface area contributed by atoms with Crippen LogP contribution >= 0.6 is 0 Å². The number of ether oxygens (including phenoxy) is 1. The van der Waals surface area contributed by atoms with Crippen LogP contribution in [0.3, 0.4) is 0 Å². The number of aromatic nitrogens is 1. The second-order valence-electron chi connectivity index (χ2n) is 5.19. The third-order valence-electron chi connectivity index (χ3n) is 3.52. The summed E-state index contributed by atoms with van der Waals surface area (Å²) >= 11 is 0. The van der Waals surface area contributed by atoms with Crippen LogP contribution < -0.4 is 10.5 Å². The number of nitriles is 1. The predicted octanol–water partition coefficient (Wildman–Crippen LogP) is 2.22. The van der Waals surface area contributed by atoms with Crippen molar-refractivity contribution in [2.24, 2.45) is 5.73 Å². The highest BCUT2D eigenvalue weighted by Crippen LogP contribution is 2.29. The molecule has 2 rings (SSSR count). The van der Waals surface area contributed by atoms with Crippen molar-refractivity contribution in [3.05, 3.63) is 23.0 Å². The van der Waals surface area contributed by atoms with Crippen molar-refractivity contribution in [3.63, 3.8) is 0 Å². The van der Waals surface area contributed by atoms with E-state index in [1.807, 2.05) is 19.9 Å². The quantitative estimate of drug-likeness (QED) is 0.886. The summed E-state index contributed by atoms with van der Waals surface area (Å²) in [6.45, 7) is 4.20. The first-order valence-corrected chi connectivity index (χ1v) is 6.34. The molecule has 0 aliphatic heterocycles. The van der Waals surface area contributed by atoms with Gasteiger partial charge in [0.05, 0.1) is 11.2 Å². The Morgan fingerprint density at radius 3 is 2.72 bits per heavy atom. The van der Waals surface area contributed by atoms with Crippen molar-refractivity contribution in [1.82, 2.24) is 4.98 Å². The summed E-state index contributed by atoms with van der Waals surface area (Å²) in [5.41, 5.74) is 8.12. The molecule has 0 bridgehead atoms. The molecular formula is C14H19N3O. The average Bonchev–Trinajstić information content (AvgIpc) is 2.73. The van der Waals surface area contributed by atoms with Crippen LogP contribution in [0.15, 0.2) is 6.07 Å². The molecule has 0 saturated heterocycles. The van der Waals surface area contributed by atoms with Crippen LogP contribution in [-0.2, 0) is 0 Å². The van der Waals surface area contributed by atoms with Crippen LogP contribution in [0.1, 0.15) is 42.6 Å². The van der Waals surface area contributed by atoms with E-state index in [2.05, 4.69) is 11.1 Å². The maximum absolute atomic E-state index is 9.15. The fourth-order valence-electron chi connectivity index (χ4n) is 2.49. The molecule has 1 heterocycles. The Morgan fingerprint density at radius 2 is 2.11 bits per heavy atom. The smallest absolute Gasteiger partial charge is 0.140 e. The van der Waals surface area contributed by atoms with E-state index in [1.54, 1.807) is 0 Å². The minimum atomic E-state index is -0.224. The Morgan fingerprint density at radius 1 is 1.44 bits per heavy atom. The second-order valence-corrected chi connectivity index (χ2v) is 5.19. The standard InChI is InChI=1S/C14H19N3O/c1-10-7-13(12(8-15)11(2)17-10)18-9-14(16)5-3-4-6-14/h7H,3-6,9,16H2,1-2H3. The lowest BCUT2D eigenvalue weighted by Crippen LogP contribution is -2.42. The SMILES string of the molecule is Cc1cc(OCC2(N)CCCC2)c(C#N)c(C)n1. The highest BCUT2D eigenvalue weighted by molar-refractivity contribution is 5.46. The molecule has 0 radical (unpaired) electrons. The lowest BCUT2D eigenvalue weighted by atomic mass is 10.0. The van der Waals surface area contributed by atoms with Gasteiger partial charge in [0.25, 0.3) is 0 Å². The fourth-order valence-corrected chi connectivity index (χ4v) is 2.49. The molecule has 1 aliphatic rings. The highest BCUT2D eigenvalue weighted by atomic mass is 16.5. The van der Waals surface area contributed by atoms with Crippen molar-refractivity contribution in [2.45, 2.75) is 45.1 Å². The normalized spacial score (nSPS) is 17.4. The molecule has 0 aromatic carbocycles. The van der Waals surface area contributed by atoms with Gasteiger partial charge in [-0.05, 0) is 26.7 Å². The van der Waals surface area contributed by atoms with Crippen molar-refractivity contribution < 1.29 is 4.74 Å². The number of pyridine rings is 1. The fraction of sp³-hybridized carbons (Fsp3) is 0.571. The summed E-state index contributed by atoms with van der Waals surface area (Å²) in [6, 6.07) is 3.96. The highest BCUT2D eigenvalue weighted by Gasteiger charge is 2.30. The largest absolute Gasteiger partial charge is 0.490 e. The van der Waals surface area contributed by atoms with E-state index in [1.165, 1.54) is 12.8 Å². The Kier molecular flexibility index (Phi) is 3.53. The van der Waals surface area contributed by atoms with Crippen LogP contribution in [0.2, 0.25) is 0 Å². The molecule has 4 heteroatoms. The van der Waals surface area contributed by atoms with Crippen LogP contribution in [0, 0.1) is 25.2 Å². The van der Waals surface area contributed by atoms with Gasteiger partial charge in [0.1, 0.15) is 24.0 Å². The van der Waals surface area contributed by atoms with Gasteiger partial charge in [0, 0.05) is 11.8 Å². The van der Waals surface area contributed by atoms with E-state index in [0.29, 0.717) is 23.6 Å². The van der Waals surface area contributed by atoms with Gasteiger partial charge < -0.3 is 10.5 Å². The van der Waals surface area contributed by atoms with Crippen molar-refractivity contribution >= 4 is 0 Å². The summed E-state index contributed by atoms with van der Waals surface area (Å²) < 4.78 is 5.79. The average molecular weight is 245 g/mol. The van der Waals surface area contributed by atoms with Crippen LogP contribution in [0.25, 0.3) is 0 Å². The Balaban J connectivity index is 2.16. The van der Waals surface area contributed by atoms with Crippen molar-refractivity contribution in [1.29, 1.82) is 5.26 Å². The summed E-state index contributed by atoms with van der Waals surface area (Å²) in [5.74, 6) is 0.610. The Labute approximate surface area is 108 Å². The number of hydrogen-bond acceptors (Lipinski definition) is 4. The molecule has 1 aliphatic carbocycles. The lowest BCUT2D eigenvalue weighted by molar-refractivity contribution is 0.219. The van der Waals surface area contributed by atoms with Gasteiger partial charge in [-0.3, -0.25) is 4.98 Å². The Bertz CT molecular complexity index is 485. The zero-order valence-electron chi connectivity index (χ0n) is 11.0. The minimum Gasteiger partial charge on any atom is -0.490 e. The number of aryl methyl sites for hydroxylation is 2. The summed E-state index contributed by atoms with van der Waals surface area (Å²) in [7, 11) is 0. The first kappa shape index (κ1) is 12.8. The summed E-state index contributed by atoms with van der Waals surface area (Å²) in [5, 5.41) is 9.15. The third-order valence-corrected chi connectivity index (χ3v) is 3.52. The van der Waals surface area contributed by atoms with Crippen LogP contribution in [-0.4, -0.2) is 17.1 Å². The molecule has 0 unspecified atom stereocenters. The number of hydrogen-bond donors (Lipinski definition) is 1. The topological polar surface area (TPSA) is 71.9 Å². The van der Waals surface area contributed by atoms with E-state index in [4.69, 9.17) is 15.7 Å². The van der Waals surface area contributed by atoms with Crippen LogP contribution in [0.4, 0.5) is 0 Å². The predicted molar refractivity (Wildman–Crippen MR) is 69.3 cm³/mol. The molecule has 1 saturated carbocycles. The van der Waals surface area contributed by atoms with Crippen molar-refractivity contribution in [3.8, 4) is 11.8 Å².